The van der Waals surface area contributed by atoms with E-state index in [2.05, 4.69) is 15.4 Å². The van der Waals surface area contributed by atoms with Crippen molar-refractivity contribution in [2.75, 3.05) is 6.54 Å². The van der Waals surface area contributed by atoms with Crippen molar-refractivity contribution < 1.29 is 19.1 Å². The number of halogens is 1. The highest BCUT2D eigenvalue weighted by Crippen LogP contribution is 2.21. The van der Waals surface area contributed by atoms with Crippen molar-refractivity contribution in [3.63, 3.8) is 0 Å². The van der Waals surface area contributed by atoms with Crippen LogP contribution in [0.2, 0.25) is 0 Å². The number of nitrogens with zero attached hydrogens (tertiary/aromatic N) is 2. The van der Waals surface area contributed by atoms with E-state index in [-0.39, 0.29) is 24.0 Å². The Labute approximate surface area is 142 Å². The fraction of sp³-hybridized carbons (Fsp3) is 0.235. The molecule has 3 aromatic rings. The van der Waals surface area contributed by atoms with E-state index in [0.717, 1.165) is 10.2 Å². The Bertz CT molecular complexity index is 945. The van der Waals surface area contributed by atoms with Gasteiger partial charge in [-0.25, -0.2) is 13.9 Å². The molecule has 0 aliphatic carbocycles. The molecule has 0 saturated carbocycles. The van der Waals surface area contributed by atoms with E-state index in [1.165, 1.54) is 12.1 Å². The minimum atomic E-state index is -1.14. The summed E-state index contributed by atoms with van der Waals surface area (Å²) in [5, 5.41) is 16.3. The number of aromatic amines is 1. The van der Waals surface area contributed by atoms with Crippen molar-refractivity contribution in [1.29, 1.82) is 0 Å². The molecule has 0 unspecified atom stereocenters. The lowest BCUT2D eigenvalue weighted by Crippen LogP contribution is -2.30. The van der Waals surface area contributed by atoms with Gasteiger partial charge < -0.3 is 15.4 Å². The molecule has 7 nitrogen and oxygen atoms in total. The number of amides is 1. The van der Waals surface area contributed by atoms with Gasteiger partial charge in [-0.2, -0.15) is 5.10 Å². The van der Waals surface area contributed by atoms with E-state index in [4.69, 9.17) is 5.11 Å². The number of carboxylic acids is 1. The number of aromatic carboxylic acids is 1. The van der Waals surface area contributed by atoms with Crippen LogP contribution >= 0.6 is 0 Å². The predicted molar refractivity (Wildman–Crippen MR) is 88.9 cm³/mol. The first-order chi connectivity index (χ1) is 12.0. The molecule has 0 atom stereocenters. The standard InChI is InChI=1S/C17H17FN4O3/c1-10-7-14(17(24)25)22(21-10)9-15(23)19-6-5-11-8-20-13-4-2-3-12(18)16(11)13/h2-4,7-8,20H,5-6,9H2,1H3,(H,19,23)(H,24,25). The first kappa shape index (κ1) is 16.7. The summed E-state index contributed by atoms with van der Waals surface area (Å²) >= 11 is 0. The van der Waals surface area contributed by atoms with Gasteiger partial charge in [0.25, 0.3) is 0 Å². The quantitative estimate of drug-likeness (QED) is 0.635. The molecule has 2 heterocycles. The second-order valence-corrected chi connectivity index (χ2v) is 5.71. The summed E-state index contributed by atoms with van der Waals surface area (Å²) in [5.74, 6) is -1.80. The molecule has 0 spiro atoms. The van der Waals surface area contributed by atoms with Crippen LogP contribution in [0.1, 0.15) is 21.7 Å². The fourth-order valence-corrected chi connectivity index (χ4v) is 2.77. The Morgan fingerprint density at radius 3 is 2.96 bits per heavy atom. The van der Waals surface area contributed by atoms with Crippen LogP contribution in [0.4, 0.5) is 4.39 Å². The van der Waals surface area contributed by atoms with Crippen molar-refractivity contribution in [3.05, 3.63) is 53.2 Å². The first-order valence-electron chi connectivity index (χ1n) is 7.74. The Hall–Kier alpha value is -3.16. The Kier molecular flexibility index (Phi) is 4.51. The Balaban J connectivity index is 1.60. The van der Waals surface area contributed by atoms with E-state index >= 15 is 0 Å². The number of carboxylic acid groups (broad SMARTS) is 1. The van der Waals surface area contributed by atoms with Gasteiger partial charge in [0, 0.05) is 23.6 Å². The molecule has 2 aromatic heterocycles. The number of hydrogen-bond acceptors (Lipinski definition) is 3. The monoisotopic (exact) mass is 344 g/mol. The molecule has 0 bridgehead atoms. The van der Waals surface area contributed by atoms with Gasteiger partial charge in [0.15, 0.2) is 0 Å². The Morgan fingerprint density at radius 1 is 1.40 bits per heavy atom. The maximum absolute atomic E-state index is 13.9. The summed E-state index contributed by atoms with van der Waals surface area (Å²) in [6.07, 6.45) is 2.18. The summed E-state index contributed by atoms with van der Waals surface area (Å²) < 4.78 is 15.1. The van der Waals surface area contributed by atoms with Crippen LogP contribution in [0, 0.1) is 12.7 Å². The van der Waals surface area contributed by atoms with Gasteiger partial charge >= 0.3 is 5.97 Å². The van der Waals surface area contributed by atoms with Crippen molar-refractivity contribution in [2.45, 2.75) is 19.9 Å². The molecule has 1 aromatic carbocycles. The lowest BCUT2D eigenvalue weighted by Gasteiger charge is -2.07. The van der Waals surface area contributed by atoms with Gasteiger partial charge in [-0.15, -0.1) is 0 Å². The SMILES string of the molecule is Cc1cc(C(=O)O)n(CC(=O)NCCc2c[nH]c3cccc(F)c23)n1. The number of carbonyl (C=O) groups is 2. The molecular formula is C17H17FN4O3. The summed E-state index contributed by atoms with van der Waals surface area (Å²) in [6, 6.07) is 6.22. The third kappa shape index (κ3) is 3.52. The maximum Gasteiger partial charge on any atom is 0.354 e. The molecular weight excluding hydrogens is 327 g/mol. The summed E-state index contributed by atoms with van der Waals surface area (Å²) in [7, 11) is 0. The molecule has 25 heavy (non-hydrogen) atoms. The van der Waals surface area contributed by atoms with Gasteiger partial charge in [-0.3, -0.25) is 4.79 Å². The zero-order valence-corrected chi connectivity index (χ0v) is 13.5. The molecule has 3 N–H and O–H groups in total. The van der Waals surface area contributed by atoms with Gasteiger partial charge in [-0.1, -0.05) is 6.07 Å². The number of fused-ring (bicyclic) bond motifs is 1. The predicted octanol–water partition coefficient (Wildman–Crippen LogP) is 1.87. The molecule has 130 valence electrons. The fourth-order valence-electron chi connectivity index (χ4n) is 2.77. The highest BCUT2D eigenvalue weighted by molar-refractivity contribution is 5.87. The number of H-pyrrole nitrogens is 1. The third-order valence-corrected chi connectivity index (χ3v) is 3.87. The smallest absolute Gasteiger partial charge is 0.354 e. The number of carbonyl (C=O) groups excluding carboxylic acids is 1. The van der Waals surface area contributed by atoms with Crippen LogP contribution in [0.15, 0.2) is 30.5 Å². The van der Waals surface area contributed by atoms with Crippen LogP contribution in [-0.4, -0.2) is 38.3 Å². The second-order valence-electron chi connectivity index (χ2n) is 5.71. The number of hydrogen-bond donors (Lipinski definition) is 3. The normalized spacial score (nSPS) is 11.0. The van der Waals surface area contributed by atoms with Crippen LogP contribution in [0.25, 0.3) is 10.9 Å². The van der Waals surface area contributed by atoms with Crippen LogP contribution < -0.4 is 5.32 Å². The van der Waals surface area contributed by atoms with E-state index in [0.29, 0.717) is 29.6 Å². The number of rotatable bonds is 6. The van der Waals surface area contributed by atoms with E-state index in [9.17, 15) is 14.0 Å². The summed E-state index contributed by atoms with van der Waals surface area (Å²) in [4.78, 5) is 26.1. The van der Waals surface area contributed by atoms with Crippen LogP contribution in [0.3, 0.4) is 0 Å². The highest BCUT2D eigenvalue weighted by atomic mass is 19.1. The minimum Gasteiger partial charge on any atom is -0.477 e. The first-order valence-corrected chi connectivity index (χ1v) is 7.74. The van der Waals surface area contributed by atoms with Gasteiger partial charge in [0.1, 0.15) is 18.1 Å². The molecule has 1 amide bonds. The molecule has 0 fully saturated rings. The minimum absolute atomic E-state index is 0.0358. The zero-order chi connectivity index (χ0) is 18.0. The summed E-state index contributed by atoms with van der Waals surface area (Å²) in [6.45, 7) is 1.78. The van der Waals surface area contributed by atoms with E-state index < -0.39 is 5.97 Å². The Morgan fingerprint density at radius 2 is 2.20 bits per heavy atom. The number of aryl methyl sites for hydroxylation is 1. The topological polar surface area (TPSA) is 100 Å². The molecule has 0 radical (unpaired) electrons. The third-order valence-electron chi connectivity index (χ3n) is 3.87. The van der Waals surface area contributed by atoms with Gasteiger partial charge in [0.05, 0.1) is 5.69 Å². The molecule has 0 aliphatic heterocycles. The van der Waals surface area contributed by atoms with Crippen molar-refractivity contribution in [2.24, 2.45) is 0 Å². The number of benzene rings is 1. The molecule has 0 saturated heterocycles. The molecule has 0 aliphatic rings. The van der Waals surface area contributed by atoms with E-state index in [1.807, 2.05) is 0 Å². The van der Waals surface area contributed by atoms with E-state index in [1.54, 1.807) is 25.3 Å². The number of aromatic nitrogens is 3. The second kappa shape index (κ2) is 6.76. The van der Waals surface area contributed by atoms with Gasteiger partial charge in [-0.05, 0) is 37.1 Å². The lowest BCUT2D eigenvalue weighted by molar-refractivity contribution is -0.121. The average molecular weight is 344 g/mol. The lowest BCUT2D eigenvalue weighted by atomic mass is 10.1. The van der Waals surface area contributed by atoms with Gasteiger partial charge in [0.2, 0.25) is 5.91 Å². The van der Waals surface area contributed by atoms with Crippen LogP contribution in [-0.2, 0) is 17.8 Å². The zero-order valence-electron chi connectivity index (χ0n) is 13.5. The largest absolute Gasteiger partial charge is 0.477 e. The summed E-state index contributed by atoms with van der Waals surface area (Å²) in [5.41, 5.74) is 1.97. The molecule has 8 heteroatoms. The van der Waals surface area contributed by atoms with Crippen molar-refractivity contribution in [1.82, 2.24) is 20.1 Å². The maximum atomic E-state index is 13.9. The highest BCUT2D eigenvalue weighted by Gasteiger charge is 2.15. The van der Waals surface area contributed by atoms with Crippen molar-refractivity contribution in [3.8, 4) is 0 Å². The average Bonchev–Trinajstić information content (AvgIpc) is 3.12. The van der Waals surface area contributed by atoms with Crippen LogP contribution in [0.5, 0.6) is 0 Å². The number of nitrogens with one attached hydrogen (secondary N) is 2. The van der Waals surface area contributed by atoms with Crippen molar-refractivity contribution >= 4 is 22.8 Å². The molecule has 3 rings (SSSR count).